The number of fused-ring (bicyclic) bond motifs is 22. The van der Waals surface area contributed by atoms with Crippen molar-refractivity contribution in [1.82, 2.24) is 4.98 Å². The molecule has 0 amide bonds. The van der Waals surface area contributed by atoms with E-state index in [4.69, 9.17) is 13.8 Å². The minimum atomic E-state index is -0.270. The van der Waals surface area contributed by atoms with Gasteiger partial charge in [-0.15, -0.1) is 0 Å². The van der Waals surface area contributed by atoms with Crippen molar-refractivity contribution in [3.05, 3.63) is 202 Å². The second-order valence-electron chi connectivity index (χ2n) is 38.8. The lowest BCUT2D eigenvalue weighted by Gasteiger charge is -2.40. The van der Waals surface area contributed by atoms with Gasteiger partial charge in [0.2, 0.25) is 0 Å². The third kappa shape index (κ3) is 17.9. The Morgan fingerprint density at radius 1 is 0.240 bits per heavy atom. The molecule has 11 aromatic rings. The average molecular weight is 1620 g/mol. The molecule has 0 bridgehead atoms. The lowest BCUT2D eigenvalue weighted by atomic mass is 9.62. The highest BCUT2D eigenvalue weighted by Crippen LogP contribution is 2.69. The molecule has 0 unspecified atom stereocenters. The van der Waals surface area contributed by atoms with E-state index in [1.54, 1.807) is 44.5 Å². The first kappa shape index (κ1) is 88.2. The predicted octanol–water partition coefficient (Wildman–Crippen LogP) is 37.9. The van der Waals surface area contributed by atoms with Crippen molar-refractivity contribution in [3.63, 3.8) is 0 Å². The standard InChI is InChI=1S/C117H154N2O2/c1-9-17-25-33-41-51-73-114(74-52-42-34-26-18-10-2)98-69-70-105-107(93-60-46-49-63-103(93)120-105)106(98)96-86-101-95(85-102(96)114)90-67-65-88(83-99(90)115(101,75-53-43-35-27-19-11-3)76-54-44-36-28-20-12-4)119(87-71-81-118-82-72-87)89-66-68-92-100(84-89)117(79-57-39-31-23-15-7,80-58-40-32-24-16-8)112-110(92)113-109(94-61-47-50-64-104(94)121-113)108-91-59-45-48-62-97(91)116(111(108)112,77-55-37-29-21-13-5)78-56-38-30-22-14-6/h45-50,59-72,81-86H,9-44,51-58,73-80H2,1-8H3. The molecule has 0 fully saturated rings. The van der Waals surface area contributed by atoms with Gasteiger partial charge in [-0.25, -0.2) is 0 Å². The summed E-state index contributed by atoms with van der Waals surface area (Å²) in [5.74, 6) is 0. The molecule has 4 aliphatic rings. The predicted molar refractivity (Wildman–Crippen MR) is 524 cm³/mol. The Labute approximate surface area is 732 Å². The van der Waals surface area contributed by atoms with E-state index in [0.29, 0.717) is 0 Å². The van der Waals surface area contributed by atoms with E-state index < -0.39 is 0 Å². The van der Waals surface area contributed by atoms with Gasteiger partial charge in [0.1, 0.15) is 22.3 Å². The van der Waals surface area contributed by atoms with Crippen molar-refractivity contribution in [3.8, 4) is 44.5 Å². The smallest absolute Gasteiger partial charge is 0.144 e. The van der Waals surface area contributed by atoms with Crippen LogP contribution in [0.15, 0.2) is 167 Å². The molecule has 3 aromatic heterocycles. The maximum absolute atomic E-state index is 7.76. The first-order valence-corrected chi connectivity index (χ1v) is 51.0. The highest BCUT2D eigenvalue weighted by atomic mass is 16.3. The van der Waals surface area contributed by atoms with E-state index in [1.807, 2.05) is 0 Å². The van der Waals surface area contributed by atoms with Gasteiger partial charge in [0.05, 0.1) is 0 Å². The number of nitrogens with zero attached hydrogens (tertiary/aromatic N) is 2. The average Bonchev–Trinajstić information content (AvgIpc) is 1.49. The lowest BCUT2D eigenvalue weighted by Crippen LogP contribution is -2.33. The monoisotopic (exact) mass is 1620 g/mol. The Balaban J connectivity index is 0.970. The maximum Gasteiger partial charge on any atom is 0.144 e. The van der Waals surface area contributed by atoms with Crippen molar-refractivity contribution >= 4 is 60.9 Å². The molecule has 0 N–H and O–H groups in total. The minimum Gasteiger partial charge on any atom is -0.456 e. The molecule has 0 spiro atoms. The fraction of sp³-hybridized carbons (Fsp3) is 0.547. The van der Waals surface area contributed by atoms with Crippen LogP contribution in [0.2, 0.25) is 0 Å². The van der Waals surface area contributed by atoms with Gasteiger partial charge in [-0.1, -0.05) is 417 Å². The molecule has 3 heterocycles. The van der Waals surface area contributed by atoms with Crippen LogP contribution in [0.5, 0.6) is 0 Å². The van der Waals surface area contributed by atoms with Crippen molar-refractivity contribution in [1.29, 1.82) is 0 Å². The summed E-state index contributed by atoms with van der Waals surface area (Å²) < 4.78 is 14.8. The van der Waals surface area contributed by atoms with Gasteiger partial charge in [0.15, 0.2) is 0 Å². The van der Waals surface area contributed by atoms with E-state index >= 15 is 0 Å². The van der Waals surface area contributed by atoms with Crippen molar-refractivity contribution in [2.45, 2.75) is 411 Å². The normalized spacial score (nSPS) is 14.6. The highest BCUT2D eigenvalue weighted by Gasteiger charge is 2.55. The summed E-state index contributed by atoms with van der Waals surface area (Å²) >= 11 is 0. The van der Waals surface area contributed by atoms with Crippen LogP contribution in [0.4, 0.5) is 17.1 Å². The van der Waals surface area contributed by atoms with Gasteiger partial charge in [0.25, 0.3) is 0 Å². The van der Waals surface area contributed by atoms with Crippen LogP contribution in [-0.2, 0) is 21.7 Å². The zero-order valence-electron chi connectivity index (χ0n) is 77.0. The summed E-state index contributed by atoms with van der Waals surface area (Å²) in [5.41, 5.74) is 31.8. The van der Waals surface area contributed by atoms with E-state index in [9.17, 15) is 0 Å². The molecule has 0 saturated heterocycles. The number of rotatable bonds is 55. The summed E-state index contributed by atoms with van der Waals surface area (Å²) in [6.07, 6.45) is 69.8. The Kier molecular flexibility index (Phi) is 30.8. The van der Waals surface area contributed by atoms with Gasteiger partial charge in [0, 0.05) is 78.2 Å². The lowest BCUT2D eigenvalue weighted by molar-refractivity contribution is 0.369. The quantitative estimate of drug-likeness (QED) is 0.0356. The van der Waals surface area contributed by atoms with Crippen molar-refractivity contribution in [2.75, 3.05) is 4.90 Å². The number of anilines is 3. The third-order valence-corrected chi connectivity index (χ3v) is 30.7. The van der Waals surface area contributed by atoms with Gasteiger partial charge >= 0.3 is 0 Å². The van der Waals surface area contributed by atoms with E-state index in [2.05, 4.69) is 218 Å². The molecule has 4 nitrogen and oxygen atoms in total. The minimum absolute atomic E-state index is 0.110. The first-order chi connectivity index (χ1) is 59.7. The first-order valence-electron chi connectivity index (χ1n) is 51.0. The van der Waals surface area contributed by atoms with E-state index in [-0.39, 0.29) is 21.7 Å². The van der Waals surface area contributed by atoms with E-state index in [1.165, 1.54) is 391 Å². The Hall–Kier alpha value is -7.69. The van der Waals surface area contributed by atoms with Crippen LogP contribution in [0, 0.1) is 0 Å². The van der Waals surface area contributed by atoms with Crippen molar-refractivity contribution in [2.24, 2.45) is 0 Å². The van der Waals surface area contributed by atoms with Gasteiger partial charge in [-0.3, -0.25) is 4.98 Å². The molecule has 644 valence electrons. The Bertz CT molecular complexity index is 5090. The largest absolute Gasteiger partial charge is 0.456 e. The molecular formula is C117H154N2O2. The SMILES string of the molecule is CCCCCCCCC1(CCCCCCCC)c2cc(N(c3ccncc3)c3ccc4c(c3)C(CCCCCCC)(CCCCCCC)c3c5c(c6c(oc7ccccc76)c3-4)-c3ccccc3C5(CCCCCCC)CCCCCCC)ccc2-c2cc3c(cc21)-c1c(ccc2oc4ccccc4c12)C3(CCCCCCCC)CCCCCCCC. The van der Waals surface area contributed by atoms with Gasteiger partial charge in [-0.2, -0.15) is 0 Å². The van der Waals surface area contributed by atoms with Crippen LogP contribution >= 0.6 is 0 Å². The fourth-order valence-electron chi connectivity index (χ4n) is 24.5. The summed E-state index contributed by atoms with van der Waals surface area (Å²) in [7, 11) is 0. The van der Waals surface area contributed by atoms with Crippen LogP contribution in [0.1, 0.15) is 434 Å². The Morgan fingerprint density at radius 3 is 1.08 bits per heavy atom. The number of para-hydroxylation sites is 2. The fourth-order valence-corrected chi connectivity index (χ4v) is 24.5. The Morgan fingerprint density at radius 2 is 0.595 bits per heavy atom. The van der Waals surface area contributed by atoms with Gasteiger partial charge in [-0.05, 0) is 202 Å². The number of benzene rings is 8. The molecule has 4 heteroatoms. The summed E-state index contributed by atoms with van der Waals surface area (Å²) in [6, 6.07) is 59.7. The number of hydrogen-bond donors (Lipinski definition) is 0. The molecule has 8 aromatic carbocycles. The molecule has 0 radical (unpaired) electrons. The molecule has 0 atom stereocenters. The molecular weight excluding hydrogens is 1470 g/mol. The summed E-state index contributed by atoms with van der Waals surface area (Å²) in [6.45, 7) is 19.1. The molecule has 4 aliphatic carbocycles. The second-order valence-corrected chi connectivity index (χ2v) is 38.8. The zero-order valence-corrected chi connectivity index (χ0v) is 77.0. The summed E-state index contributed by atoms with van der Waals surface area (Å²) in [4.78, 5) is 7.58. The molecule has 121 heavy (non-hydrogen) atoms. The van der Waals surface area contributed by atoms with Crippen LogP contribution in [0.3, 0.4) is 0 Å². The van der Waals surface area contributed by atoms with Crippen LogP contribution in [-0.4, -0.2) is 4.98 Å². The third-order valence-electron chi connectivity index (χ3n) is 30.7. The van der Waals surface area contributed by atoms with E-state index in [0.717, 1.165) is 48.0 Å². The number of furan rings is 2. The zero-order chi connectivity index (χ0) is 83.4. The van der Waals surface area contributed by atoms with Crippen LogP contribution < -0.4 is 4.90 Å². The topological polar surface area (TPSA) is 42.4 Å². The van der Waals surface area contributed by atoms with Gasteiger partial charge < -0.3 is 13.7 Å². The molecule has 15 rings (SSSR count). The number of hydrogen-bond acceptors (Lipinski definition) is 4. The number of unbranched alkanes of at least 4 members (excludes halogenated alkanes) is 36. The van der Waals surface area contributed by atoms with Crippen LogP contribution in [0.25, 0.3) is 88.4 Å². The van der Waals surface area contributed by atoms with Crippen molar-refractivity contribution < 1.29 is 8.83 Å². The second kappa shape index (κ2) is 42.3. The number of pyridine rings is 1. The summed E-state index contributed by atoms with van der Waals surface area (Å²) in [5, 5.41) is 5.23. The maximum atomic E-state index is 7.76. The molecule has 0 aliphatic heterocycles. The highest BCUT2D eigenvalue weighted by molar-refractivity contribution is 6.21. The molecule has 0 saturated carbocycles. The number of aromatic nitrogens is 1.